The lowest BCUT2D eigenvalue weighted by Gasteiger charge is -2.07. The van der Waals surface area contributed by atoms with Gasteiger partial charge in [0.05, 0.1) is 6.54 Å². The second kappa shape index (κ2) is 4.96. The molecule has 2 nitrogen and oxygen atoms in total. The lowest BCUT2D eigenvalue weighted by Crippen LogP contribution is -2.08. The topological polar surface area (TPSA) is 30.9 Å². The van der Waals surface area contributed by atoms with Gasteiger partial charge in [-0.15, -0.1) is 11.3 Å². The Kier molecular flexibility index (Phi) is 3.61. The molecule has 0 unspecified atom stereocenters. The molecule has 2 rings (SSSR count). The summed E-state index contributed by atoms with van der Waals surface area (Å²) in [6.07, 6.45) is 3.05. The predicted octanol–water partition coefficient (Wildman–Crippen LogP) is 2.86. The Bertz CT molecular complexity index is 433. The smallest absolute Gasteiger partial charge is 0.0577 e. The monoisotopic (exact) mass is 284 g/mol. The van der Waals surface area contributed by atoms with E-state index in [1.807, 2.05) is 0 Å². The van der Waals surface area contributed by atoms with Crippen LogP contribution in [0.1, 0.15) is 10.6 Å². The molecular formula is C11H13BrN2S. The van der Waals surface area contributed by atoms with E-state index in [-0.39, 0.29) is 0 Å². The molecule has 4 heteroatoms. The van der Waals surface area contributed by atoms with Crippen molar-refractivity contribution in [2.75, 3.05) is 6.54 Å². The molecule has 0 saturated carbocycles. The van der Waals surface area contributed by atoms with Crippen molar-refractivity contribution in [2.24, 2.45) is 5.73 Å². The van der Waals surface area contributed by atoms with Gasteiger partial charge < -0.3 is 10.3 Å². The van der Waals surface area contributed by atoms with E-state index in [4.69, 9.17) is 5.73 Å². The molecule has 15 heavy (non-hydrogen) atoms. The first kappa shape index (κ1) is 10.9. The third kappa shape index (κ3) is 2.51. The second-order valence-corrected chi connectivity index (χ2v) is 5.21. The van der Waals surface area contributed by atoms with E-state index in [9.17, 15) is 0 Å². The molecule has 0 aliphatic heterocycles. The lowest BCUT2D eigenvalue weighted by molar-refractivity contribution is 0.743. The Balaban J connectivity index is 2.17. The highest BCUT2D eigenvalue weighted by Crippen LogP contribution is 2.24. The van der Waals surface area contributed by atoms with Crippen molar-refractivity contribution in [3.8, 4) is 0 Å². The van der Waals surface area contributed by atoms with Gasteiger partial charge in [-0.1, -0.05) is 0 Å². The van der Waals surface area contributed by atoms with Crippen LogP contribution in [0.2, 0.25) is 0 Å². The number of nitrogens with two attached hydrogens (primary N) is 1. The summed E-state index contributed by atoms with van der Waals surface area (Å²) >= 11 is 5.32. The Morgan fingerprint density at radius 3 is 2.93 bits per heavy atom. The number of thiophene rings is 1. The number of hydrogen-bond acceptors (Lipinski definition) is 2. The minimum absolute atomic E-state index is 0.704. The first-order chi connectivity index (χ1) is 7.31. The normalized spacial score (nSPS) is 10.8. The summed E-state index contributed by atoms with van der Waals surface area (Å²) < 4.78 is 3.45. The highest BCUT2D eigenvalue weighted by atomic mass is 79.9. The molecule has 0 fully saturated rings. The van der Waals surface area contributed by atoms with E-state index in [1.54, 1.807) is 11.3 Å². The summed E-state index contributed by atoms with van der Waals surface area (Å²) in [7, 11) is 0. The van der Waals surface area contributed by atoms with Gasteiger partial charge in [0, 0.05) is 21.2 Å². The summed E-state index contributed by atoms with van der Waals surface area (Å²) in [4.78, 5) is 1.35. The van der Waals surface area contributed by atoms with Crippen LogP contribution in [0.15, 0.2) is 34.2 Å². The number of rotatable bonds is 4. The Hall–Kier alpha value is -0.580. The van der Waals surface area contributed by atoms with Crippen molar-refractivity contribution in [3.63, 3.8) is 0 Å². The largest absolute Gasteiger partial charge is 0.346 e. The van der Waals surface area contributed by atoms with Crippen molar-refractivity contribution in [1.29, 1.82) is 0 Å². The van der Waals surface area contributed by atoms with Crippen LogP contribution in [0.3, 0.4) is 0 Å². The highest BCUT2D eigenvalue weighted by molar-refractivity contribution is 9.10. The summed E-state index contributed by atoms with van der Waals surface area (Å²) in [6.45, 7) is 1.64. The molecule has 80 valence electrons. The summed E-state index contributed by atoms with van der Waals surface area (Å²) in [5, 5.41) is 2.10. The van der Waals surface area contributed by atoms with Crippen LogP contribution in [0.25, 0.3) is 0 Å². The Labute approximate surface area is 102 Å². The van der Waals surface area contributed by atoms with Gasteiger partial charge in [-0.2, -0.15) is 0 Å². The SMILES string of the molecule is NCCc1cccn1Cc1sccc1Br. The van der Waals surface area contributed by atoms with Crippen molar-refractivity contribution in [3.05, 3.63) is 44.8 Å². The van der Waals surface area contributed by atoms with E-state index < -0.39 is 0 Å². The van der Waals surface area contributed by atoms with Gasteiger partial charge in [0.25, 0.3) is 0 Å². The van der Waals surface area contributed by atoms with Crippen LogP contribution in [0.5, 0.6) is 0 Å². The number of hydrogen-bond donors (Lipinski definition) is 1. The molecule has 2 aromatic rings. The Morgan fingerprint density at radius 1 is 1.40 bits per heavy atom. The molecule has 0 amide bonds. The zero-order valence-corrected chi connectivity index (χ0v) is 10.7. The third-order valence-corrected chi connectivity index (χ3v) is 4.24. The number of nitrogens with zero attached hydrogens (tertiary/aromatic N) is 1. The van der Waals surface area contributed by atoms with Crippen LogP contribution in [0.4, 0.5) is 0 Å². The van der Waals surface area contributed by atoms with E-state index in [2.05, 4.69) is 50.3 Å². The van der Waals surface area contributed by atoms with E-state index in [0.717, 1.165) is 13.0 Å². The number of halogens is 1. The zero-order valence-electron chi connectivity index (χ0n) is 8.32. The molecule has 0 aromatic carbocycles. The fourth-order valence-electron chi connectivity index (χ4n) is 1.57. The molecule has 0 spiro atoms. The van der Waals surface area contributed by atoms with Crippen molar-refractivity contribution < 1.29 is 0 Å². The molecule has 0 atom stereocenters. The van der Waals surface area contributed by atoms with E-state index in [1.165, 1.54) is 15.0 Å². The fraction of sp³-hybridized carbons (Fsp3) is 0.273. The Morgan fingerprint density at radius 2 is 2.27 bits per heavy atom. The summed E-state index contributed by atoms with van der Waals surface area (Å²) in [5.41, 5.74) is 6.88. The zero-order chi connectivity index (χ0) is 10.7. The van der Waals surface area contributed by atoms with Gasteiger partial charge in [-0.3, -0.25) is 0 Å². The average Bonchev–Trinajstić information content (AvgIpc) is 2.80. The van der Waals surface area contributed by atoms with Crippen LogP contribution < -0.4 is 5.73 Å². The summed E-state index contributed by atoms with van der Waals surface area (Å²) in [6, 6.07) is 6.30. The van der Waals surface area contributed by atoms with Crippen LogP contribution >= 0.6 is 27.3 Å². The maximum Gasteiger partial charge on any atom is 0.0577 e. The molecule has 0 bridgehead atoms. The van der Waals surface area contributed by atoms with Crippen molar-refractivity contribution in [1.82, 2.24) is 4.57 Å². The van der Waals surface area contributed by atoms with Gasteiger partial charge in [0.1, 0.15) is 0 Å². The maximum absolute atomic E-state index is 5.57. The predicted molar refractivity (Wildman–Crippen MR) is 68.3 cm³/mol. The standard InChI is InChI=1S/C11H13BrN2S/c12-10-4-7-15-11(10)8-14-6-1-2-9(14)3-5-13/h1-2,4,6-7H,3,5,8,13H2. The lowest BCUT2D eigenvalue weighted by atomic mass is 10.3. The quantitative estimate of drug-likeness (QED) is 0.920. The van der Waals surface area contributed by atoms with E-state index >= 15 is 0 Å². The third-order valence-electron chi connectivity index (χ3n) is 2.33. The molecule has 2 aromatic heterocycles. The molecule has 0 aliphatic rings. The molecule has 2 heterocycles. The fourth-order valence-corrected chi connectivity index (χ4v) is 3.05. The van der Waals surface area contributed by atoms with Crippen LogP contribution in [-0.2, 0) is 13.0 Å². The van der Waals surface area contributed by atoms with Gasteiger partial charge >= 0.3 is 0 Å². The van der Waals surface area contributed by atoms with Gasteiger partial charge in [0.2, 0.25) is 0 Å². The average molecular weight is 285 g/mol. The number of aromatic nitrogens is 1. The molecular weight excluding hydrogens is 272 g/mol. The molecule has 2 N–H and O–H groups in total. The van der Waals surface area contributed by atoms with Gasteiger partial charge in [0.15, 0.2) is 0 Å². The molecule has 0 radical (unpaired) electrons. The first-order valence-corrected chi connectivity index (χ1v) is 6.54. The molecule has 0 aliphatic carbocycles. The molecule has 0 saturated heterocycles. The van der Waals surface area contributed by atoms with Crippen LogP contribution in [0, 0.1) is 0 Å². The second-order valence-electron chi connectivity index (χ2n) is 3.36. The minimum Gasteiger partial charge on any atom is -0.346 e. The van der Waals surface area contributed by atoms with Crippen molar-refractivity contribution >= 4 is 27.3 Å². The van der Waals surface area contributed by atoms with Gasteiger partial charge in [-0.05, 0) is 52.5 Å². The van der Waals surface area contributed by atoms with E-state index in [0.29, 0.717) is 6.54 Å². The van der Waals surface area contributed by atoms with Crippen molar-refractivity contribution in [2.45, 2.75) is 13.0 Å². The van der Waals surface area contributed by atoms with Crippen LogP contribution in [-0.4, -0.2) is 11.1 Å². The van der Waals surface area contributed by atoms with Gasteiger partial charge in [-0.25, -0.2) is 0 Å². The maximum atomic E-state index is 5.57. The minimum atomic E-state index is 0.704. The first-order valence-electron chi connectivity index (χ1n) is 4.87. The highest BCUT2D eigenvalue weighted by Gasteiger charge is 2.04. The summed E-state index contributed by atoms with van der Waals surface area (Å²) in [5.74, 6) is 0.